The van der Waals surface area contributed by atoms with Crippen molar-refractivity contribution in [1.29, 1.82) is 0 Å². The van der Waals surface area contributed by atoms with Crippen LogP contribution in [0, 0.1) is 21.4 Å². The summed E-state index contributed by atoms with van der Waals surface area (Å²) in [5.41, 5.74) is 3.07. The van der Waals surface area contributed by atoms with E-state index in [1.54, 1.807) is 31.3 Å². The van der Waals surface area contributed by atoms with Gasteiger partial charge in [-0.05, 0) is 111 Å². The molecule has 17 nitrogen and oxygen atoms in total. The Balaban J connectivity index is 0.876. The summed E-state index contributed by atoms with van der Waals surface area (Å²) in [5, 5.41) is 26.9. The van der Waals surface area contributed by atoms with Crippen molar-refractivity contribution in [2.24, 2.45) is 11.3 Å². The lowest BCUT2D eigenvalue weighted by Crippen LogP contribution is -2.58. The number of nitrogens with zero attached hydrogens (tertiary/aromatic N) is 4. The minimum Gasteiger partial charge on any atom is -0.489 e. The Hall–Kier alpha value is -5.95. The quantitative estimate of drug-likeness (QED) is 0.0683. The fraction of sp³-hybridized carbons (Fsp3) is 0.490. The number of anilines is 2. The van der Waals surface area contributed by atoms with Gasteiger partial charge in [-0.15, -0.1) is 0 Å². The highest BCUT2D eigenvalue weighted by Gasteiger charge is 2.50. The molecule has 5 heterocycles. The summed E-state index contributed by atoms with van der Waals surface area (Å²) in [6.07, 6.45) is 8.57. The highest BCUT2D eigenvalue weighted by Crippen LogP contribution is 2.53. The number of nitro groups is 1. The number of aliphatic hydroxyl groups is 1. The minimum absolute atomic E-state index is 0.0114. The van der Waals surface area contributed by atoms with Gasteiger partial charge in [0.25, 0.3) is 27.5 Å². The first kappa shape index (κ1) is 46.8. The molecule has 2 aromatic heterocycles. The lowest BCUT2D eigenvalue weighted by atomic mass is 9.59. The number of carbonyl (C=O) groups is 1. The second-order valence-electron chi connectivity index (χ2n) is 20.3. The molecule has 4 fully saturated rings. The van der Waals surface area contributed by atoms with E-state index in [2.05, 4.69) is 67.9 Å². The van der Waals surface area contributed by atoms with Crippen molar-refractivity contribution in [1.82, 2.24) is 19.6 Å². The highest BCUT2D eigenvalue weighted by atomic mass is 32.2. The Labute approximate surface area is 402 Å². The van der Waals surface area contributed by atoms with Crippen LogP contribution in [0.4, 0.5) is 17.1 Å². The number of aromatic amines is 1. The molecule has 1 spiro atoms. The molecular formula is C51H61N7O10S. The number of hydrogen-bond donors (Lipinski definition) is 4. The fourth-order valence-corrected chi connectivity index (χ4v) is 12.4. The molecule has 366 valence electrons. The summed E-state index contributed by atoms with van der Waals surface area (Å²) < 4.78 is 54.4. The van der Waals surface area contributed by atoms with E-state index in [0.717, 1.165) is 69.1 Å². The van der Waals surface area contributed by atoms with Gasteiger partial charge in [0.1, 0.15) is 18.0 Å². The summed E-state index contributed by atoms with van der Waals surface area (Å²) in [4.78, 5) is 38.0. The van der Waals surface area contributed by atoms with Crippen LogP contribution in [0.2, 0.25) is 0 Å². The maximum Gasteiger partial charge on any atom is 0.297 e. The Morgan fingerprint density at radius 1 is 1.00 bits per heavy atom. The van der Waals surface area contributed by atoms with Gasteiger partial charge in [0.2, 0.25) is 0 Å². The largest absolute Gasteiger partial charge is 0.489 e. The maximum atomic E-state index is 14.2. The highest BCUT2D eigenvalue weighted by molar-refractivity contribution is 7.90. The van der Waals surface area contributed by atoms with Gasteiger partial charge >= 0.3 is 0 Å². The van der Waals surface area contributed by atoms with Gasteiger partial charge in [-0.1, -0.05) is 38.1 Å². The van der Waals surface area contributed by atoms with E-state index in [-0.39, 0.29) is 64.4 Å². The lowest BCUT2D eigenvalue weighted by molar-refractivity contribution is -0.384. The second kappa shape index (κ2) is 18.4. The standard InChI is InChI=1S/C51H61N7O10S/c1-31(2)37-7-5-6-8-38(37)42-30-66-22-21-57(42)35-27-51(28-35)16-19-56(20-17-51)34-9-10-39(43(24-34)68-45-23-33-13-18-52-47(33)54-49(45)65-4)48(59)55-69(63,64)36-25-41(58(61)62)46-44(26-36)67-29-40(53-46)32-11-14-50(3,60)15-12-32/h5-10,13,18,23-26,31-32,35,40,42,53,60H,11-12,14-17,19-22,27-30H2,1-4H3,(H,52,54)(H,55,59)/t32-,40-,42+,50-/m1/s1. The smallest absolute Gasteiger partial charge is 0.297 e. The number of rotatable bonds is 12. The number of methoxy groups -OCH3 is 1. The first-order chi connectivity index (χ1) is 33.1. The number of nitro benzene ring substituents is 1. The number of benzene rings is 3. The zero-order chi connectivity index (χ0) is 48.2. The van der Waals surface area contributed by atoms with Crippen LogP contribution in [-0.2, 0) is 14.8 Å². The number of carbonyl (C=O) groups excluding carboxylic acids is 1. The summed E-state index contributed by atoms with van der Waals surface area (Å²) in [6.45, 7) is 10.4. The number of aromatic nitrogens is 2. The number of nitrogens with one attached hydrogen (secondary N) is 3. The molecule has 10 rings (SSSR count). The third-order valence-corrected chi connectivity index (χ3v) is 16.8. The molecule has 0 bridgehead atoms. The van der Waals surface area contributed by atoms with Gasteiger partial charge < -0.3 is 39.3 Å². The van der Waals surface area contributed by atoms with E-state index in [1.807, 2.05) is 6.07 Å². The zero-order valence-electron chi connectivity index (χ0n) is 39.5. The predicted molar refractivity (Wildman–Crippen MR) is 260 cm³/mol. The van der Waals surface area contributed by atoms with Crippen molar-refractivity contribution in [3.05, 3.63) is 99.7 Å². The van der Waals surface area contributed by atoms with Gasteiger partial charge in [0, 0.05) is 61.1 Å². The van der Waals surface area contributed by atoms with Crippen LogP contribution in [0.5, 0.6) is 23.1 Å². The molecule has 3 aromatic carbocycles. The monoisotopic (exact) mass is 963 g/mol. The second-order valence-corrected chi connectivity index (χ2v) is 21.9. The van der Waals surface area contributed by atoms with Gasteiger partial charge in [-0.2, -0.15) is 4.98 Å². The third-order valence-electron chi connectivity index (χ3n) is 15.4. The first-order valence-corrected chi connectivity index (χ1v) is 25.6. The van der Waals surface area contributed by atoms with E-state index in [4.69, 9.17) is 18.9 Å². The maximum absolute atomic E-state index is 14.2. The van der Waals surface area contributed by atoms with Gasteiger partial charge in [-0.25, -0.2) is 13.1 Å². The number of morpholine rings is 1. The van der Waals surface area contributed by atoms with Crippen LogP contribution in [0.25, 0.3) is 11.0 Å². The molecule has 2 saturated heterocycles. The Morgan fingerprint density at radius 2 is 1.77 bits per heavy atom. The van der Waals surface area contributed by atoms with E-state index in [9.17, 15) is 28.4 Å². The van der Waals surface area contributed by atoms with Crippen LogP contribution in [0.3, 0.4) is 0 Å². The van der Waals surface area contributed by atoms with E-state index < -0.39 is 37.0 Å². The summed E-state index contributed by atoms with van der Waals surface area (Å²) in [5.74, 6) is -0.0695. The van der Waals surface area contributed by atoms with Gasteiger partial charge in [0.15, 0.2) is 17.2 Å². The molecule has 69 heavy (non-hydrogen) atoms. The van der Waals surface area contributed by atoms with Gasteiger partial charge in [0.05, 0.1) is 53.4 Å². The van der Waals surface area contributed by atoms with Crippen molar-refractivity contribution in [2.75, 3.05) is 56.8 Å². The summed E-state index contributed by atoms with van der Waals surface area (Å²) in [6, 6.07) is 20.0. The Morgan fingerprint density at radius 3 is 2.51 bits per heavy atom. The molecule has 2 saturated carbocycles. The van der Waals surface area contributed by atoms with Crippen LogP contribution in [0.1, 0.15) is 106 Å². The average Bonchev–Trinajstić information content (AvgIpc) is 3.79. The molecule has 2 atom stereocenters. The SMILES string of the molecule is COc1nc2[nH]ccc2cc1Oc1cc(N2CCC3(CC2)CC(N2CCOC[C@H]2c2ccccc2C(C)C)C3)ccc1C(=O)NS(=O)(=O)c1cc2c(c([N+](=O)[O-])c1)N[C@@H]([C@H]1CC[C@](C)(O)CC1)CO2. The summed E-state index contributed by atoms with van der Waals surface area (Å²) in [7, 11) is -3.25. The molecule has 0 unspecified atom stereocenters. The number of amides is 1. The molecule has 18 heteroatoms. The zero-order valence-corrected chi connectivity index (χ0v) is 40.3. The van der Waals surface area contributed by atoms with E-state index >= 15 is 0 Å². The molecular weight excluding hydrogens is 903 g/mol. The molecule has 4 N–H and O–H groups in total. The van der Waals surface area contributed by atoms with Crippen molar-refractivity contribution in [3.63, 3.8) is 0 Å². The molecule has 5 aromatic rings. The number of piperidine rings is 1. The Bertz CT molecular complexity index is 2860. The van der Waals surface area contributed by atoms with Gasteiger partial charge in [-0.3, -0.25) is 19.8 Å². The number of H-pyrrole nitrogens is 1. The Kier molecular flexibility index (Phi) is 12.5. The van der Waals surface area contributed by atoms with Crippen LogP contribution < -0.4 is 29.1 Å². The number of ether oxygens (including phenoxy) is 4. The fourth-order valence-electron chi connectivity index (χ4n) is 11.4. The molecule has 3 aliphatic heterocycles. The molecule has 1 amide bonds. The number of pyridine rings is 1. The lowest BCUT2D eigenvalue weighted by Gasteiger charge is -2.57. The predicted octanol–water partition coefficient (Wildman–Crippen LogP) is 8.45. The number of fused-ring (bicyclic) bond motifs is 2. The number of sulfonamides is 1. The topological polar surface area (TPSA) is 211 Å². The first-order valence-electron chi connectivity index (χ1n) is 24.1. The minimum atomic E-state index is -4.70. The molecule has 5 aliphatic rings. The van der Waals surface area contributed by atoms with Crippen molar-refractivity contribution < 1.29 is 42.2 Å². The van der Waals surface area contributed by atoms with Crippen molar-refractivity contribution >= 4 is 44.0 Å². The van der Waals surface area contributed by atoms with Crippen molar-refractivity contribution in [2.45, 2.75) is 107 Å². The van der Waals surface area contributed by atoms with Crippen LogP contribution >= 0.6 is 0 Å². The van der Waals surface area contributed by atoms with E-state index in [0.29, 0.717) is 49.9 Å². The third kappa shape index (κ3) is 9.31. The van der Waals surface area contributed by atoms with Crippen LogP contribution in [0.15, 0.2) is 77.8 Å². The normalized spacial score (nSPS) is 24.0. The molecule has 2 aliphatic carbocycles. The van der Waals surface area contributed by atoms with Crippen molar-refractivity contribution in [3.8, 4) is 23.1 Å². The molecule has 0 radical (unpaired) electrons. The number of hydrogen-bond acceptors (Lipinski definition) is 14. The van der Waals surface area contributed by atoms with Crippen LogP contribution in [-0.4, -0.2) is 103 Å². The average molecular weight is 964 g/mol. The van der Waals surface area contributed by atoms with E-state index in [1.165, 1.54) is 30.4 Å². The summed E-state index contributed by atoms with van der Waals surface area (Å²) >= 11 is 0.